The molecule has 0 aliphatic heterocycles. The molecule has 0 aliphatic rings. The number of rotatable bonds is 8. The molecule has 7 nitrogen and oxygen atoms in total. The summed E-state index contributed by atoms with van der Waals surface area (Å²) < 4.78 is 10.6. The molecule has 156 valence electrons. The molecule has 0 fully saturated rings. The van der Waals surface area contributed by atoms with Gasteiger partial charge in [-0.15, -0.1) is 11.3 Å². The van der Waals surface area contributed by atoms with E-state index in [-0.39, 0.29) is 5.56 Å². The molecule has 3 rings (SSSR count). The highest BCUT2D eigenvalue weighted by Crippen LogP contribution is 2.35. The first kappa shape index (κ1) is 21.9. The Morgan fingerprint density at radius 1 is 1.40 bits per heavy atom. The number of hydrogen-bond acceptors (Lipinski definition) is 8. The first-order valence-electron chi connectivity index (χ1n) is 9.50. The zero-order chi connectivity index (χ0) is 21.7. The summed E-state index contributed by atoms with van der Waals surface area (Å²) in [6.07, 6.45) is 10.3. The van der Waals surface area contributed by atoms with E-state index in [0.29, 0.717) is 10.2 Å². The van der Waals surface area contributed by atoms with E-state index in [1.165, 1.54) is 15.9 Å². The van der Waals surface area contributed by atoms with Crippen molar-refractivity contribution in [2.24, 2.45) is 8.80 Å². The molecule has 9 heteroatoms. The Labute approximate surface area is 183 Å². The Kier molecular flexibility index (Phi) is 7.17. The molecule has 0 bridgehead atoms. The molecule has 0 aromatic carbocycles. The lowest BCUT2D eigenvalue weighted by molar-refractivity contribution is 0.984. The lowest BCUT2D eigenvalue weighted by atomic mass is 10.2. The van der Waals surface area contributed by atoms with E-state index in [0.717, 1.165) is 52.3 Å². The minimum absolute atomic E-state index is 0.114. The van der Waals surface area contributed by atoms with Gasteiger partial charge in [-0.3, -0.25) is 9.36 Å². The van der Waals surface area contributed by atoms with Crippen LogP contribution in [0.5, 0.6) is 0 Å². The maximum atomic E-state index is 13.1. The van der Waals surface area contributed by atoms with Gasteiger partial charge in [0.15, 0.2) is 0 Å². The van der Waals surface area contributed by atoms with E-state index < -0.39 is 0 Å². The Bertz CT molecular complexity index is 1220. The van der Waals surface area contributed by atoms with Gasteiger partial charge in [-0.2, -0.15) is 4.40 Å². The molecule has 0 saturated heterocycles. The van der Waals surface area contributed by atoms with Crippen LogP contribution < -0.4 is 10.5 Å². The fourth-order valence-corrected chi connectivity index (χ4v) is 4.40. The average molecular weight is 441 g/mol. The zero-order valence-corrected chi connectivity index (χ0v) is 19.1. The second-order valence-corrected chi connectivity index (χ2v) is 8.34. The van der Waals surface area contributed by atoms with Gasteiger partial charge in [0, 0.05) is 32.2 Å². The van der Waals surface area contributed by atoms with Gasteiger partial charge in [-0.25, -0.2) is 14.4 Å². The van der Waals surface area contributed by atoms with Crippen LogP contribution in [0.4, 0.5) is 5.69 Å². The summed E-state index contributed by atoms with van der Waals surface area (Å²) in [5, 5.41) is 0.911. The van der Waals surface area contributed by atoms with Gasteiger partial charge in [0.2, 0.25) is 0 Å². The van der Waals surface area contributed by atoms with Gasteiger partial charge in [-0.05, 0) is 31.6 Å². The van der Waals surface area contributed by atoms with Crippen molar-refractivity contribution in [3.63, 3.8) is 0 Å². The SMILES string of the molecule is C=C/C(CCC)=N/S/N=C/C=C(\C)n1cnc2c(sc3nccc(N(C)C)c32)c1=O. The summed E-state index contributed by atoms with van der Waals surface area (Å²) in [7, 11) is 3.93. The summed E-state index contributed by atoms with van der Waals surface area (Å²) >= 11 is 2.47. The molecular weight excluding hydrogens is 416 g/mol. The van der Waals surface area contributed by atoms with E-state index in [4.69, 9.17) is 0 Å². The van der Waals surface area contributed by atoms with Crippen LogP contribution >= 0.6 is 23.5 Å². The van der Waals surface area contributed by atoms with Crippen LogP contribution in [0, 0.1) is 0 Å². The van der Waals surface area contributed by atoms with Gasteiger partial charge < -0.3 is 4.90 Å². The number of fused-ring (bicyclic) bond motifs is 3. The number of anilines is 1. The molecule has 3 aromatic rings. The van der Waals surface area contributed by atoms with E-state index in [9.17, 15) is 4.79 Å². The Morgan fingerprint density at radius 2 is 2.20 bits per heavy atom. The van der Waals surface area contributed by atoms with Crippen molar-refractivity contribution in [1.82, 2.24) is 14.5 Å². The van der Waals surface area contributed by atoms with E-state index in [1.807, 2.05) is 32.0 Å². The molecule has 30 heavy (non-hydrogen) atoms. The first-order chi connectivity index (χ1) is 14.5. The normalized spacial score (nSPS) is 12.9. The van der Waals surface area contributed by atoms with Crippen molar-refractivity contribution in [3.8, 4) is 0 Å². The molecule has 0 atom stereocenters. The predicted octanol–water partition coefficient (Wildman–Crippen LogP) is 4.99. The summed E-state index contributed by atoms with van der Waals surface area (Å²) in [4.78, 5) is 24.9. The number of nitrogens with zero attached hydrogens (tertiary/aromatic N) is 6. The van der Waals surface area contributed by atoms with Gasteiger partial charge in [-0.1, -0.05) is 19.9 Å². The molecule has 0 radical (unpaired) electrons. The fraction of sp³-hybridized carbons (Fsp3) is 0.286. The molecule has 3 heterocycles. The molecule has 0 spiro atoms. The monoisotopic (exact) mass is 440 g/mol. The van der Waals surface area contributed by atoms with Crippen molar-refractivity contribution >= 4 is 67.2 Å². The molecule has 0 aliphatic carbocycles. The summed E-state index contributed by atoms with van der Waals surface area (Å²) in [5.41, 5.74) is 3.21. The van der Waals surface area contributed by atoms with Crippen molar-refractivity contribution in [2.75, 3.05) is 19.0 Å². The minimum atomic E-state index is -0.114. The van der Waals surface area contributed by atoms with Crippen LogP contribution in [0.25, 0.3) is 26.1 Å². The van der Waals surface area contributed by atoms with Crippen LogP contribution in [-0.2, 0) is 0 Å². The van der Waals surface area contributed by atoms with Gasteiger partial charge in [0.05, 0.1) is 22.3 Å². The lowest BCUT2D eigenvalue weighted by Crippen LogP contribution is -2.18. The highest BCUT2D eigenvalue weighted by atomic mass is 32.2. The van der Waals surface area contributed by atoms with E-state index >= 15 is 0 Å². The van der Waals surface area contributed by atoms with Crippen molar-refractivity contribution in [2.45, 2.75) is 26.7 Å². The number of hydrogen-bond donors (Lipinski definition) is 0. The summed E-state index contributed by atoms with van der Waals surface area (Å²) in [5.74, 6) is 0. The third-order valence-corrected chi connectivity index (χ3v) is 6.05. The van der Waals surface area contributed by atoms with Crippen LogP contribution in [-0.4, -0.2) is 40.6 Å². The molecule has 0 saturated carbocycles. The van der Waals surface area contributed by atoms with E-state index in [2.05, 4.69) is 32.3 Å². The highest BCUT2D eigenvalue weighted by Gasteiger charge is 2.16. The summed E-state index contributed by atoms with van der Waals surface area (Å²) in [6, 6.07) is 1.93. The molecule has 0 amide bonds. The largest absolute Gasteiger partial charge is 0.377 e. The third kappa shape index (κ3) is 4.52. The van der Waals surface area contributed by atoms with Gasteiger partial charge in [0.25, 0.3) is 5.56 Å². The average Bonchev–Trinajstić information content (AvgIpc) is 3.12. The second-order valence-electron chi connectivity index (χ2n) is 6.79. The van der Waals surface area contributed by atoms with Crippen LogP contribution in [0.1, 0.15) is 26.7 Å². The second kappa shape index (κ2) is 9.82. The summed E-state index contributed by atoms with van der Waals surface area (Å²) in [6.45, 7) is 7.69. The number of pyridine rings is 1. The van der Waals surface area contributed by atoms with E-state index in [1.54, 1.807) is 30.9 Å². The smallest absolute Gasteiger partial charge is 0.275 e. The quantitative estimate of drug-likeness (QED) is 0.364. The maximum Gasteiger partial charge on any atom is 0.275 e. The van der Waals surface area contributed by atoms with Crippen molar-refractivity contribution in [1.29, 1.82) is 0 Å². The molecule has 3 aromatic heterocycles. The van der Waals surface area contributed by atoms with Crippen LogP contribution in [0.2, 0.25) is 0 Å². The molecule has 0 unspecified atom stereocenters. The fourth-order valence-electron chi connectivity index (χ4n) is 2.92. The van der Waals surface area contributed by atoms with Gasteiger partial charge in [0.1, 0.15) is 28.0 Å². The maximum absolute atomic E-state index is 13.1. The number of thiophene rings is 1. The topological polar surface area (TPSA) is 75.7 Å². The zero-order valence-electron chi connectivity index (χ0n) is 17.5. The number of allylic oxidation sites excluding steroid dienone is 3. The van der Waals surface area contributed by atoms with Crippen molar-refractivity contribution in [3.05, 3.63) is 47.7 Å². The van der Waals surface area contributed by atoms with Gasteiger partial charge >= 0.3 is 0 Å². The first-order valence-corrected chi connectivity index (χ1v) is 11.0. The van der Waals surface area contributed by atoms with Crippen LogP contribution in [0.15, 0.2) is 50.9 Å². The lowest BCUT2D eigenvalue weighted by Gasteiger charge is -2.13. The predicted molar refractivity (Wildman–Crippen MR) is 132 cm³/mol. The Hall–Kier alpha value is -2.78. The Balaban J connectivity index is 1.92. The minimum Gasteiger partial charge on any atom is -0.377 e. The Morgan fingerprint density at radius 3 is 2.90 bits per heavy atom. The molecular formula is C21H24N6OS2. The standard InChI is InChI=1S/C21H24N6OS2/c1-6-8-15(7-2)25-30-24-12-9-14(3)27-13-23-18-17-16(26(4)5)10-11-22-20(17)29-19(18)21(27)28/h7,9-13H,2,6,8H2,1,3-5H3/b14-9+,24-12+,25-15-. The van der Waals surface area contributed by atoms with Crippen LogP contribution in [0.3, 0.4) is 0 Å². The third-order valence-electron chi connectivity index (χ3n) is 4.45. The number of aromatic nitrogens is 3. The highest BCUT2D eigenvalue weighted by molar-refractivity contribution is 7.97. The molecule has 0 N–H and O–H groups in total. The van der Waals surface area contributed by atoms with Crippen molar-refractivity contribution < 1.29 is 0 Å².